The van der Waals surface area contributed by atoms with Crippen LogP contribution in [-0.2, 0) is 0 Å². The van der Waals surface area contributed by atoms with Crippen molar-refractivity contribution in [3.63, 3.8) is 0 Å². The number of hydrogen-bond donors (Lipinski definition) is 1. The molecule has 0 radical (unpaired) electrons. The predicted octanol–water partition coefficient (Wildman–Crippen LogP) is 3.51. The molecule has 148 valence electrons. The normalized spacial score (nSPS) is 14.0. The van der Waals surface area contributed by atoms with Crippen molar-refractivity contribution < 1.29 is 27.5 Å². The van der Waals surface area contributed by atoms with E-state index in [1.54, 1.807) is 29.2 Å². The van der Waals surface area contributed by atoms with Crippen LogP contribution in [0, 0.1) is 0 Å². The second-order valence-electron chi connectivity index (χ2n) is 6.29. The van der Waals surface area contributed by atoms with E-state index in [2.05, 4.69) is 15.0 Å². The maximum absolute atomic E-state index is 12.4. The third-order valence-corrected chi connectivity index (χ3v) is 4.17. The number of hydrogen-bond acceptors (Lipinski definition) is 4. The molecule has 1 aromatic heterocycles. The second kappa shape index (κ2) is 8.28. The van der Waals surface area contributed by atoms with Crippen LogP contribution in [0.2, 0.25) is 0 Å². The lowest BCUT2D eigenvalue weighted by Gasteiger charge is -2.15. The first-order valence-electron chi connectivity index (χ1n) is 8.69. The molecule has 1 N–H and O–H groups in total. The Morgan fingerprint density at radius 1 is 1.11 bits per heavy atom. The first-order valence-corrected chi connectivity index (χ1v) is 8.69. The standard InChI is InChI=1S/C19H18F3N3O3/c20-19(21,22)12-28-17-15(4-3-9-23-17)16(26)24-14-7-5-13(6-8-14)18(27)25-10-1-2-11-25/h3-9H,1-2,10-12H2,(H,24,26). The van der Waals surface area contributed by atoms with Crippen LogP contribution in [0.3, 0.4) is 0 Å². The van der Waals surface area contributed by atoms with Crippen molar-refractivity contribution in [2.75, 3.05) is 25.0 Å². The largest absolute Gasteiger partial charge is 0.467 e. The molecule has 1 aliphatic heterocycles. The van der Waals surface area contributed by atoms with Crippen LogP contribution < -0.4 is 10.1 Å². The number of aromatic nitrogens is 1. The third-order valence-electron chi connectivity index (χ3n) is 4.17. The Bertz CT molecular complexity index is 847. The van der Waals surface area contributed by atoms with E-state index in [0.717, 1.165) is 25.9 Å². The summed E-state index contributed by atoms with van der Waals surface area (Å²) in [6.45, 7) is -0.0737. The number of benzene rings is 1. The molecule has 1 saturated heterocycles. The van der Waals surface area contributed by atoms with E-state index in [1.807, 2.05) is 0 Å². The molecule has 9 heteroatoms. The van der Waals surface area contributed by atoms with Gasteiger partial charge in [-0.2, -0.15) is 13.2 Å². The highest BCUT2D eigenvalue weighted by Gasteiger charge is 2.29. The SMILES string of the molecule is O=C(Nc1ccc(C(=O)N2CCCC2)cc1)c1cccnc1OCC(F)(F)F. The van der Waals surface area contributed by atoms with Gasteiger partial charge in [0.15, 0.2) is 6.61 Å². The molecule has 2 aromatic rings. The van der Waals surface area contributed by atoms with Gasteiger partial charge >= 0.3 is 6.18 Å². The summed E-state index contributed by atoms with van der Waals surface area (Å²) in [5, 5.41) is 2.57. The Balaban J connectivity index is 1.67. The first-order chi connectivity index (χ1) is 13.3. The van der Waals surface area contributed by atoms with Crippen molar-refractivity contribution >= 4 is 17.5 Å². The lowest BCUT2D eigenvalue weighted by atomic mass is 10.1. The van der Waals surface area contributed by atoms with E-state index < -0.39 is 24.6 Å². The highest BCUT2D eigenvalue weighted by atomic mass is 19.4. The summed E-state index contributed by atoms with van der Waals surface area (Å²) >= 11 is 0. The molecular formula is C19H18F3N3O3. The lowest BCUT2D eigenvalue weighted by Crippen LogP contribution is -2.27. The van der Waals surface area contributed by atoms with Gasteiger partial charge in [0.2, 0.25) is 5.88 Å². The van der Waals surface area contributed by atoms with E-state index in [4.69, 9.17) is 0 Å². The molecule has 0 saturated carbocycles. The summed E-state index contributed by atoms with van der Waals surface area (Å²) in [6, 6.07) is 9.06. The van der Waals surface area contributed by atoms with Crippen LogP contribution >= 0.6 is 0 Å². The van der Waals surface area contributed by atoms with Gasteiger partial charge in [0.05, 0.1) is 0 Å². The van der Waals surface area contributed by atoms with Crippen molar-refractivity contribution in [3.05, 3.63) is 53.7 Å². The van der Waals surface area contributed by atoms with Crippen molar-refractivity contribution in [2.45, 2.75) is 19.0 Å². The van der Waals surface area contributed by atoms with E-state index in [0.29, 0.717) is 11.3 Å². The van der Waals surface area contributed by atoms with E-state index in [-0.39, 0.29) is 11.5 Å². The highest BCUT2D eigenvalue weighted by Crippen LogP contribution is 2.21. The maximum Gasteiger partial charge on any atom is 0.422 e. The summed E-state index contributed by atoms with van der Waals surface area (Å²) in [6.07, 6.45) is -1.32. The van der Waals surface area contributed by atoms with Gasteiger partial charge in [-0.25, -0.2) is 4.98 Å². The van der Waals surface area contributed by atoms with E-state index in [9.17, 15) is 22.8 Å². The van der Waals surface area contributed by atoms with Crippen LogP contribution in [-0.4, -0.2) is 47.6 Å². The number of halogens is 3. The minimum Gasteiger partial charge on any atom is -0.467 e. The monoisotopic (exact) mass is 393 g/mol. The number of anilines is 1. The first kappa shape index (κ1) is 19.7. The van der Waals surface area contributed by atoms with Crippen LogP contribution in [0.4, 0.5) is 18.9 Å². The zero-order chi connectivity index (χ0) is 20.1. The second-order valence-corrected chi connectivity index (χ2v) is 6.29. The minimum atomic E-state index is -4.54. The molecule has 1 aromatic carbocycles. The number of rotatable bonds is 5. The van der Waals surface area contributed by atoms with Gasteiger partial charge in [0.25, 0.3) is 11.8 Å². The molecule has 0 aliphatic carbocycles. The molecule has 28 heavy (non-hydrogen) atoms. The molecule has 0 spiro atoms. The Morgan fingerprint density at radius 2 is 1.79 bits per heavy atom. The quantitative estimate of drug-likeness (QED) is 0.844. The fourth-order valence-corrected chi connectivity index (χ4v) is 2.83. The average Bonchev–Trinajstić information content (AvgIpc) is 3.21. The number of amides is 2. The number of likely N-dealkylation sites (tertiary alicyclic amines) is 1. The lowest BCUT2D eigenvalue weighted by molar-refractivity contribution is -0.154. The highest BCUT2D eigenvalue weighted by molar-refractivity contribution is 6.06. The van der Waals surface area contributed by atoms with E-state index >= 15 is 0 Å². The number of alkyl halides is 3. The fourth-order valence-electron chi connectivity index (χ4n) is 2.83. The van der Waals surface area contributed by atoms with Gasteiger partial charge in [0, 0.05) is 30.5 Å². The summed E-state index contributed by atoms with van der Waals surface area (Å²) in [7, 11) is 0. The Morgan fingerprint density at radius 3 is 2.43 bits per heavy atom. The Hall–Kier alpha value is -3.10. The number of ether oxygens (including phenoxy) is 1. The fraction of sp³-hybridized carbons (Fsp3) is 0.316. The molecule has 0 unspecified atom stereocenters. The van der Waals surface area contributed by atoms with Crippen molar-refractivity contribution in [1.82, 2.24) is 9.88 Å². The smallest absolute Gasteiger partial charge is 0.422 e. The molecular weight excluding hydrogens is 375 g/mol. The zero-order valence-electron chi connectivity index (χ0n) is 14.8. The maximum atomic E-state index is 12.4. The molecule has 1 fully saturated rings. The summed E-state index contributed by atoms with van der Waals surface area (Å²) in [5.74, 6) is -1.13. The summed E-state index contributed by atoms with van der Waals surface area (Å²) < 4.78 is 41.7. The zero-order valence-corrected chi connectivity index (χ0v) is 14.8. The number of nitrogens with zero attached hydrogens (tertiary/aromatic N) is 2. The van der Waals surface area contributed by atoms with Crippen molar-refractivity contribution in [2.24, 2.45) is 0 Å². The van der Waals surface area contributed by atoms with Crippen LogP contribution in [0.25, 0.3) is 0 Å². The van der Waals surface area contributed by atoms with Crippen molar-refractivity contribution in [1.29, 1.82) is 0 Å². The molecule has 1 aliphatic rings. The van der Waals surface area contributed by atoms with Gasteiger partial charge < -0.3 is 15.0 Å². The van der Waals surface area contributed by atoms with Gasteiger partial charge in [0.1, 0.15) is 5.56 Å². The summed E-state index contributed by atoms with van der Waals surface area (Å²) in [5.41, 5.74) is 0.785. The van der Waals surface area contributed by atoms with Crippen LogP contribution in [0.1, 0.15) is 33.6 Å². The molecule has 0 atom stereocenters. The van der Waals surface area contributed by atoms with Gasteiger partial charge in [-0.1, -0.05) is 0 Å². The minimum absolute atomic E-state index is 0.0644. The van der Waals surface area contributed by atoms with Crippen LogP contribution in [0.5, 0.6) is 5.88 Å². The average molecular weight is 393 g/mol. The van der Waals surface area contributed by atoms with Gasteiger partial charge in [-0.3, -0.25) is 9.59 Å². The van der Waals surface area contributed by atoms with Gasteiger partial charge in [-0.15, -0.1) is 0 Å². The Kier molecular flexibility index (Phi) is 5.81. The van der Waals surface area contributed by atoms with E-state index in [1.165, 1.54) is 18.3 Å². The van der Waals surface area contributed by atoms with Crippen LogP contribution in [0.15, 0.2) is 42.6 Å². The summed E-state index contributed by atoms with van der Waals surface area (Å²) in [4.78, 5) is 30.2. The number of nitrogens with one attached hydrogen (secondary N) is 1. The number of carbonyl (C=O) groups is 2. The molecule has 6 nitrogen and oxygen atoms in total. The molecule has 2 heterocycles. The topological polar surface area (TPSA) is 71.5 Å². The van der Waals surface area contributed by atoms with Gasteiger partial charge in [-0.05, 0) is 49.2 Å². The number of carbonyl (C=O) groups excluding carboxylic acids is 2. The molecule has 3 rings (SSSR count). The molecule has 0 bridgehead atoms. The number of pyridine rings is 1. The predicted molar refractivity (Wildman–Crippen MR) is 95.3 cm³/mol. The Labute approximate surface area is 159 Å². The third kappa shape index (κ3) is 4.99. The molecule has 2 amide bonds. The van der Waals surface area contributed by atoms with Crippen molar-refractivity contribution in [3.8, 4) is 5.88 Å².